The fourth-order valence-electron chi connectivity index (χ4n) is 5.14. The molecule has 2 aliphatic heterocycles. The van der Waals surface area contributed by atoms with Crippen molar-refractivity contribution in [1.29, 1.82) is 0 Å². The second kappa shape index (κ2) is 8.67. The number of para-hydroxylation sites is 1. The van der Waals surface area contributed by atoms with E-state index in [1.54, 1.807) is 0 Å². The molecule has 0 spiro atoms. The van der Waals surface area contributed by atoms with Crippen LogP contribution in [-0.2, 0) is 16.1 Å². The maximum Gasteiger partial charge on any atom is 0.297 e. The molecular weight excluding hydrogens is 408 g/mol. The number of morpholine rings is 1. The quantitative estimate of drug-likeness (QED) is 0.623. The Morgan fingerprint density at radius 2 is 1.84 bits per heavy atom. The maximum absolute atomic E-state index is 12.9. The number of carbonyl (C=O) groups excluding carboxylic acids is 1. The number of amides is 1. The summed E-state index contributed by atoms with van der Waals surface area (Å²) < 4.78 is 12.9. The number of fused-ring (bicyclic) bond motifs is 3. The number of piperidine rings is 1. The number of benzene rings is 1. The van der Waals surface area contributed by atoms with Crippen molar-refractivity contribution in [3.63, 3.8) is 0 Å². The lowest BCUT2D eigenvalue weighted by Crippen LogP contribution is -2.49. The SMILES string of the molecule is CC1CN(CC2CCN(C(=O)Cn3cnc4c(oc5ccccc54)c3=O)CC2)CC(C)O1. The molecule has 2 atom stereocenters. The number of aromatic nitrogens is 2. The van der Waals surface area contributed by atoms with Crippen LogP contribution in [0.4, 0.5) is 0 Å². The fourth-order valence-corrected chi connectivity index (χ4v) is 5.14. The van der Waals surface area contributed by atoms with E-state index < -0.39 is 0 Å². The minimum absolute atomic E-state index is 0.0119. The Kier molecular flexibility index (Phi) is 5.73. The van der Waals surface area contributed by atoms with Crippen LogP contribution >= 0.6 is 0 Å². The molecule has 5 rings (SSSR count). The van der Waals surface area contributed by atoms with E-state index in [2.05, 4.69) is 23.7 Å². The fraction of sp³-hybridized carbons (Fsp3) is 0.542. The molecule has 32 heavy (non-hydrogen) atoms. The first-order chi connectivity index (χ1) is 15.5. The van der Waals surface area contributed by atoms with Gasteiger partial charge in [-0.3, -0.25) is 19.1 Å². The summed E-state index contributed by atoms with van der Waals surface area (Å²) in [4.78, 5) is 34.5. The molecule has 8 nitrogen and oxygen atoms in total. The van der Waals surface area contributed by atoms with Crippen LogP contribution < -0.4 is 5.56 Å². The van der Waals surface area contributed by atoms with E-state index in [0.717, 1.165) is 51.0 Å². The van der Waals surface area contributed by atoms with Gasteiger partial charge in [0.05, 0.1) is 18.5 Å². The predicted octanol–water partition coefficient (Wildman–Crippen LogP) is 2.49. The van der Waals surface area contributed by atoms with E-state index in [9.17, 15) is 9.59 Å². The average molecular weight is 439 g/mol. The van der Waals surface area contributed by atoms with Gasteiger partial charge in [-0.1, -0.05) is 12.1 Å². The van der Waals surface area contributed by atoms with Crippen LogP contribution in [-0.4, -0.2) is 70.2 Å². The Balaban J connectivity index is 1.21. The summed E-state index contributed by atoms with van der Waals surface area (Å²) in [5.41, 5.74) is 1.06. The van der Waals surface area contributed by atoms with E-state index in [1.165, 1.54) is 10.9 Å². The molecule has 2 unspecified atom stereocenters. The summed E-state index contributed by atoms with van der Waals surface area (Å²) in [6.45, 7) is 8.72. The topological polar surface area (TPSA) is 80.8 Å². The van der Waals surface area contributed by atoms with Crippen molar-refractivity contribution in [2.24, 2.45) is 5.92 Å². The number of carbonyl (C=O) groups is 1. The highest BCUT2D eigenvalue weighted by atomic mass is 16.5. The van der Waals surface area contributed by atoms with E-state index in [1.807, 2.05) is 29.2 Å². The Morgan fingerprint density at radius 1 is 1.12 bits per heavy atom. The van der Waals surface area contributed by atoms with Crippen LogP contribution in [0.3, 0.4) is 0 Å². The molecule has 1 aromatic carbocycles. The van der Waals surface area contributed by atoms with Gasteiger partial charge in [-0.25, -0.2) is 4.98 Å². The highest BCUT2D eigenvalue weighted by Crippen LogP contribution is 2.24. The summed E-state index contributed by atoms with van der Waals surface area (Å²) in [6.07, 6.45) is 3.98. The standard InChI is InChI=1S/C24H30N4O4/c1-16-11-26(12-17(2)31-16)13-18-7-9-27(10-8-18)21(29)14-28-15-25-22-19-5-3-4-6-20(19)32-23(22)24(28)30/h3-6,15-18H,7-14H2,1-2H3. The zero-order valence-corrected chi connectivity index (χ0v) is 18.7. The van der Waals surface area contributed by atoms with Gasteiger partial charge < -0.3 is 14.1 Å². The summed E-state index contributed by atoms with van der Waals surface area (Å²) >= 11 is 0. The molecule has 0 radical (unpaired) electrons. The first-order valence-corrected chi connectivity index (χ1v) is 11.5. The lowest BCUT2D eigenvalue weighted by Gasteiger charge is -2.39. The first kappa shape index (κ1) is 21.2. The van der Waals surface area contributed by atoms with E-state index in [-0.39, 0.29) is 35.8 Å². The molecule has 0 N–H and O–H groups in total. The number of nitrogens with zero attached hydrogens (tertiary/aromatic N) is 4. The van der Waals surface area contributed by atoms with Gasteiger partial charge >= 0.3 is 0 Å². The molecule has 3 aromatic rings. The summed E-state index contributed by atoms with van der Waals surface area (Å²) in [6, 6.07) is 7.44. The highest BCUT2D eigenvalue weighted by molar-refractivity contribution is 6.01. The molecule has 2 aromatic heterocycles. The molecule has 4 heterocycles. The molecule has 2 aliphatic rings. The van der Waals surface area contributed by atoms with E-state index >= 15 is 0 Å². The third kappa shape index (κ3) is 4.17. The van der Waals surface area contributed by atoms with Crippen LogP contribution in [0.15, 0.2) is 39.8 Å². The molecule has 170 valence electrons. The molecule has 0 bridgehead atoms. The maximum atomic E-state index is 12.9. The second-order valence-electron chi connectivity index (χ2n) is 9.25. The normalized spacial score (nSPS) is 23.2. The minimum Gasteiger partial charge on any atom is -0.448 e. The number of furan rings is 1. The van der Waals surface area contributed by atoms with E-state index in [0.29, 0.717) is 17.0 Å². The Morgan fingerprint density at radius 3 is 2.59 bits per heavy atom. The lowest BCUT2D eigenvalue weighted by atomic mass is 9.95. The smallest absolute Gasteiger partial charge is 0.297 e. The summed E-state index contributed by atoms with van der Waals surface area (Å²) in [5.74, 6) is 0.546. The van der Waals surface area contributed by atoms with Crippen molar-refractivity contribution in [2.45, 2.75) is 45.4 Å². The molecule has 0 saturated carbocycles. The molecule has 2 saturated heterocycles. The van der Waals surface area contributed by atoms with Gasteiger partial charge in [0.1, 0.15) is 17.6 Å². The number of hydrogen-bond donors (Lipinski definition) is 0. The molecule has 0 aliphatic carbocycles. The number of likely N-dealkylation sites (tertiary alicyclic amines) is 1. The number of hydrogen-bond acceptors (Lipinski definition) is 6. The van der Waals surface area contributed by atoms with Gasteiger partial charge in [-0.2, -0.15) is 0 Å². The van der Waals surface area contributed by atoms with Gasteiger partial charge in [0.2, 0.25) is 11.5 Å². The third-order valence-electron chi connectivity index (χ3n) is 6.64. The first-order valence-electron chi connectivity index (χ1n) is 11.5. The molecule has 8 heteroatoms. The monoisotopic (exact) mass is 438 g/mol. The van der Waals surface area contributed by atoms with Crippen molar-refractivity contribution in [3.8, 4) is 0 Å². The van der Waals surface area contributed by atoms with Crippen LogP contribution in [0.5, 0.6) is 0 Å². The summed E-state index contributed by atoms with van der Waals surface area (Å²) in [5, 5.41) is 0.809. The van der Waals surface area contributed by atoms with Crippen LogP contribution in [0.2, 0.25) is 0 Å². The van der Waals surface area contributed by atoms with E-state index in [4.69, 9.17) is 9.15 Å². The van der Waals surface area contributed by atoms with Gasteiger partial charge in [0.25, 0.3) is 5.56 Å². The van der Waals surface area contributed by atoms with Crippen molar-refractivity contribution in [2.75, 3.05) is 32.7 Å². The highest BCUT2D eigenvalue weighted by Gasteiger charge is 2.28. The van der Waals surface area contributed by atoms with Gasteiger partial charge in [0.15, 0.2) is 0 Å². The summed E-state index contributed by atoms with van der Waals surface area (Å²) in [7, 11) is 0. The molecule has 2 fully saturated rings. The van der Waals surface area contributed by atoms with Gasteiger partial charge in [-0.15, -0.1) is 0 Å². The Bertz CT molecular complexity index is 1170. The van der Waals surface area contributed by atoms with Crippen LogP contribution in [0.25, 0.3) is 22.1 Å². The van der Waals surface area contributed by atoms with Gasteiger partial charge in [0, 0.05) is 38.1 Å². The largest absolute Gasteiger partial charge is 0.448 e. The molecular formula is C24H30N4O4. The van der Waals surface area contributed by atoms with Gasteiger partial charge in [-0.05, 0) is 44.7 Å². The van der Waals surface area contributed by atoms with Crippen molar-refractivity contribution >= 4 is 28.0 Å². The zero-order chi connectivity index (χ0) is 22.2. The predicted molar refractivity (Wildman–Crippen MR) is 122 cm³/mol. The van der Waals surface area contributed by atoms with Crippen LogP contribution in [0, 0.1) is 5.92 Å². The van der Waals surface area contributed by atoms with Crippen molar-refractivity contribution in [1.82, 2.24) is 19.4 Å². The van der Waals surface area contributed by atoms with Crippen molar-refractivity contribution in [3.05, 3.63) is 40.9 Å². The minimum atomic E-state index is -0.315. The van der Waals surface area contributed by atoms with Crippen LogP contribution in [0.1, 0.15) is 26.7 Å². The Hall–Kier alpha value is -2.71. The lowest BCUT2D eigenvalue weighted by molar-refractivity contribution is -0.133. The number of rotatable bonds is 4. The Labute approximate surface area is 186 Å². The van der Waals surface area contributed by atoms with Crippen molar-refractivity contribution < 1.29 is 13.9 Å². The number of ether oxygens (including phenoxy) is 1. The third-order valence-corrected chi connectivity index (χ3v) is 6.64. The average Bonchev–Trinajstić information content (AvgIpc) is 3.15. The zero-order valence-electron chi connectivity index (χ0n) is 18.7. The second-order valence-corrected chi connectivity index (χ2v) is 9.25. The molecule has 1 amide bonds.